The highest BCUT2D eigenvalue weighted by Gasteiger charge is 2.24. The van der Waals surface area contributed by atoms with Crippen LogP contribution in [0.5, 0.6) is 0 Å². The summed E-state index contributed by atoms with van der Waals surface area (Å²) < 4.78 is 6.38. The molecule has 3 heteroatoms. The van der Waals surface area contributed by atoms with Crippen LogP contribution in [0.1, 0.15) is 50.7 Å². The first kappa shape index (κ1) is 15.8. The Morgan fingerprint density at radius 3 is 2.95 bits per heavy atom. The van der Waals surface area contributed by atoms with E-state index in [2.05, 4.69) is 18.3 Å². The van der Waals surface area contributed by atoms with Crippen molar-refractivity contribution in [2.24, 2.45) is 5.92 Å². The van der Waals surface area contributed by atoms with Crippen LogP contribution in [-0.2, 0) is 4.74 Å². The lowest BCUT2D eigenvalue weighted by atomic mass is 9.85. The largest absolute Gasteiger partial charge is 0.369 e. The van der Waals surface area contributed by atoms with Crippen LogP contribution >= 0.6 is 11.6 Å². The fourth-order valence-electron chi connectivity index (χ4n) is 3.11. The van der Waals surface area contributed by atoms with Gasteiger partial charge in [-0.15, -0.1) is 0 Å². The number of nitrogens with one attached hydrogen (secondary N) is 1. The van der Waals surface area contributed by atoms with Gasteiger partial charge in [-0.2, -0.15) is 0 Å². The van der Waals surface area contributed by atoms with Crippen molar-refractivity contribution in [1.29, 1.82) is 0 Å². The molecule has 1 aromatic carbocycles. The summed E-state index contributed by atoms with van der Waals surface area (Å²) in [6.45, 7) is 3.11. The summed E-state index contributed by atoms with van der Waals surface area (Å²) in [7, 11) is 1.97. The van der Waals surface area contributed by atoms with Gasteiger partial charge in [-0.05, 0) is 43.5 Å². The molecule has 20 heavy (non-hydrogen) atoms. The molecule has 112 valence electrons. The molecular formula is C17H26ClNO. The lowest BCUT2D eigenvalue weighted by Crippen LogP contribution is -2.28. The first-order valence-electron chi connectivity index (χ1n) is 7.78. The van der Waals surface area contributed by atoms with Crippen LogP contribution in [0.15, 0.2) is 24.3 Å². The van der Waals surface area contributed by atoms with Crippen molar-refractivity contribution in [3.05, 3.63) is 34.9 Å². The second kappa shape index (κ2) is 8.02. The Bertz CT molecular complexity index is 410. The number of halogens is 1. The fourth-order valence-corrected chi connectivity index (χ4v) is 3.30. The molecule has 1 N–H and O–H groups in total. The molecule has 0 heterocycles. The van der Waals surface area contributed by atoms with Crippen LogP contribution in [0, 0.1) is 5.92 Å². The minimum absolute atomic E-state index is 0.0966. The van der Waals surface area contributed by atoms with Gasteiger partial charge >= 0.3 is 0 Å². The monoisotopic (exact) mass is 295 g/mol. The molecule has 0 radical (unpaired) electrons. The van der Waals surface area contributed by atoms with E-state index in [4.69, 9.17) is 16.3 Å². The van der Waals surface area contributed by atoms with E-state index in [0.29, 0.717) is 6.10 Å². The summed E-state index contributed by atoms with van der Waals surface area (Å²) >= 11 is 6.10. The first-order chi connectivity index (χ1) is 9.72. The van der Waals surface area contributed by atoms with Crippen molar-refractivity contribution < 1.29 is 4.74 Å². The van der Waals surface area contributed by atoms with Crippen LogP contribution in [0.3, 0.4) is 0 Å². The van der Waals surface area contributed by atoms with Crippen LogP contribution in [0.25, 0.3) is 0 Å². The maximum Gasteiger partial charge on any atom is 0.0953 e. The molecule has 1 saturated carbocycles. The number of hydrogen-bond acceptors (Lipinski definition) is 2. The zero-order valence-electron chi connectivity index (χ0n) is 12.6. The molecule has 0 aromatic heterocycles. The van der Waals surface area contributed by atoms with Crippen molar-refractivity contribution in [1.82, 2.24) is 5.32 Å². The number of ether oxygens (including phenoxy) is 1. The van der Waals surface area contributed by atoms with E-state index >= 15 is 0 Å². The van der Waals surface area contributed by atoms with Gasteiger partial charge in [-0.25, -0.2) is 0 Å². The standard InChI is InChI=1S/C17H26ClNO/c1-3-13-6-4-9-16(10-13)20-17(12-19-2)14-7-5-8-15(18)11-14/h5,7-8,11,13,16-17,19H,3-4,6,9-10,12H2,1-2H3. The Hall–Kier alpha value is -0.570. The highest BCUT2D eigenvalue weighted by Crippen LogP contribution is 2.32. The van der Waals surface area contributed by atoms with E-state index in [1.165, 1.54) is 37.7 Å². The van der Waals surface area contributed by atoms with E-state index < -0.39 is 0 Å². The molecule has 1 aliphatic carbocycles. The molecule has 0 saturated heterocycles. The molecule has 2 rings (SSSR count). The average molecular weight is 296 g/mol. The van der Waals surface area contributed by atoms with Crippen molar-refractivity contribution in [3.8, 4) is 0 Å². The first-order valence-corrected chi connectivity index (χ1v) is 8.16. The second-order valence-corrected chi connectivity index (χ2v) is 6.24. The Kier molecular flexibility index (Phi) is 6.34. The number of benzene rings is 1. The van der Waals surface area contributed by atoms with Gasteiger partial charge in [-0.1, -0.05) is 49.9 Å². The third-order valence-electron chi connectivity index (χ3n) is 4.28. The number of rotatable bonds is 6. The molecular weight excluding hydrogens is 270 g/mol. The quantitative estimate of drug-likeness (QED) is 0.829. The predicted octanol–water partition coefficient (Wildman–Crippen LogP) is 4.59. The molecule has 2 nitrogen and oxygen atoms in total. The topological polar surface area (TPSA) is 21.3 Å². The van der Waals surface area contributed by atoms with Gasteiger partial charge in [-0.3, -0.25) is 0 Å². The van der Waals surface area contributed by atoms with Gasteiger partial charge in [0.05, 0.1) is 12.2 Å². The fraction of sp³-hybridized carbons (Fsp3) is 0.647. The van der Waals surface area contributed by atoms with E-state index in [9.17, 15) is 0 Å². The maximum atomic E-state index is 6.38. The van der Waals surface area contributed by atoms with Crippen LogP contribution in [0.4, 0.5) is 0 Å². The Morgan fingerprint density at radius 1 is 1.40 bits per heavy atom. The highest BCUT2D eigenvalue weighted by molar-refractivity contribution is 6.30. The summed E-state index contributed by atoms with van der Waals surface area (Å²) in [5.41, 5.74) is 1.17. The third kappa shape index (κ3) is 4.47. The molecule has 3 unspecified atom stereocenters. The lowest BCUT2D eigenvalue weighted by molar-refractivity contribution is -0.0408. The zero-order valence-corrected chi connectivity index (χ0v) is 13.3. The Morgan fingerprint density at radius 2 is 2.25 bits per heavy atom. The Labute approximate surface area is 127 Å². The van der Waals surface area contributed by atoms with Crippen LogP contribution in [0.2, 0.25) is 5.02 Å². The molecule has 1 aliphatic rings. The normalized spacial score (nSPS) is 24.6. The van der Waals surface area contributed by atoms with Gasteiger partial charge in [0.1, 0.15) is 0 Å². The van der Waals surface area contributed by atoms with E-state index in [-0.39, 0.29) is 6.10 Å². The number of hydrogen-bond donors (Lipinski definition) is 1. The lowest BCUT2D eigenvalue weighted by Gasteiger charge is -2.32. The van der Waals surface area contributed by atoms with Crippen LogP contribution < -0.4 is 5.32 Å². The minimum atomic E-state index is 0.0966. The maximum absolute atomic E-state index is 6.38. The summed E-state index contributed by atoms with van der Waals surface area (Å²) in [4.78, 5) is 0. The van der Waals surface area contributed by atoms with E-state index in [1.807, 2.05) is 25.2 Å². The number of likely N-dealkylation sites (N-methyl/N-ethyl adjacent to an activating group) is 1. The highest BCUT2D eigenvalue weighted by atomic mass is 35.5. The van der Waals surface area contributed by atoms with Crippen LogP contribution in [-0.4, -0.2) is 19.7 Å². The summed E-state index contributed by atoms with van der Waals surface area (Å²) in [6, 6.07) is 8.03. The third-order valence-corrected chi connectivity index (χ3v) is 4.51. The van der Waals surface area contributed by atoms with E-state index in [0.717, 1.165) is 17.5 Å². The smallest absolute Gasteiger partial charge is 0.0953 e. The zero-order chi connectivity index (χ0) is 14.4. The molecule has 1 fully saturated rings. The van der Waals surface area contributed by atoms with Gasteiger partial charge in [0, 0.05) is 11.6 Å². The SMILES string of the molecule is CCC1CCCC(OC(CNC)c2cccc(Cl)c2)C1. The molecule has 0 aliphatic heterocycles. The van der Waals surface area contributed by atoms with Crippen molar-refractivity contribution >= 4 is 11.6 Å². The van der Waals surface area contributed by atoms with E-state index in [1.54, 1.807) is 0 Å². The minimum Gasteiger partial charge on any atom is -0.369 e. The molecule has 0 bridgehead atoms. The molecule has 0 amide bonds. The van der Waals surface area contributed by atoms with Crippen molar-refractivity contribution in [2.45, 2.75) is 51.2 Å². The summed E-state index contributed by atoms with van der Waals surface area (Å²) in [6.07, 6.45) is 6.82. The summed E-state index contributed by atoms with van der Waals surface area (Å²) in [5, 5.41) is 4.01. The Balaban J connectivity index is 2.01. The second-order valence-electron chi connectivity index (χ2n) is 5.80. The average Bonchev–Trinajstić information content (AvgIpc) is 2.47. The van der Waals surface area contributed by atoms with Crippen molar-refractivity contribution in [3.63, 3.8) is 0 Å². The van der Waals surface area contributed by atoms with Gasteiger partial charge in [0.25, 0.3) is 0 Å². The van der Waals surface area contributed by atoms with Gasteiger partial charge in [0.15, 0.2) is 0 Å². The molecule has 3 atom stereocenters. The van der Waals surface area contributed by atoms with Gasteiger partial charge in [0.2, 0.25) is 0 Å². The predicted molar refractivity (Wildman–Crippen MR) is 85.2 cm³/mol. The molecule has 0 spiro atoms. The summed E-state index contributed by atoms with van der Waals surface area (Å²) in [5.74, 6) is 0.836. The molecule has 1 aromatic rings. The van der Waals surface area contributed by atoms with Crippen molar-refractivity contribution in [2.75, 3.05) is 13.6 Å². The van der Waals surface area contributed by atoms with Gasteiger partial charge < -0.3 is 10.1 Å².